The Hall–Kier alpha value is -3.91. The number of hydrogen-bond acceptors (Lipinski definition) is 4. The van der Waals surface area contributed by atoms with Crippen molar-refractivity contribution in [3.05, 3.63) is 89.0 Å². The van der Waals surface area contributed by atoms with Gasteiger partial charge in [0, 0.05) is 36.6 Å². The third kappa shape index (κ3) is 4.72. The Morgan fingerprint density at radius 3 is 2.79 bits per heavy atom. The zero-order chi connectivity index (χ0) is 23.3. The molecule has 0 bridgehead atoms. The van der Waals surface area contributed by atoms with Crippen molar-refractivity contribution < 1.29 is 9.59 Å². The molecule has 0 aliphatic heterocycles. The molecule has 3 aromatic heterocycles. The smallest absolute Gasteiger partial charge is 0.262 e. The molecule has 8 heteroatoms. The number of H-pyrrole nitrogens is 1. The number of aromatic amines is 1. The van der Waals surface area contributed by atoms with Gasteiger partial charge in [0.15, 0.2) is 0 Å². The second kappa shape index (κ2) is 9.93. The van der Waals surface area contributed by atoms with Gasteiger partial charge in [-0.1, -0.05) is 36.4 Å². The molecule has 2 aromatic carbocycles. The lowest BCUT2D eigenvalue weighted by atomic mass is 10.0. The molecule has 34 heavy (non-hydrogen) atoms. The van der Waals surface area contributed by atoms with Gasteiger partial charge in [0.25, 0.3) is 5.91 Å². The summed E-state index contributed by atoms with van der Waals surface area (Å²) in [6.45, 7) is 1.25. The molecule has 2 amide bonds. The number of fused-ring (bicyclic) bond motifs is 2. The van der Waals surface area contributed by atoms with Crippen LogP contribution >= 0.6 is 11.3 Å². The number of nitrogens with zero attached hydrogens (tertiary/aromatic N) is 2. The normalized spacial score (nSPS) is 12.1. The van der Waals surface area contributed by atoms with Crippen LogP contribution in [0.4, 0.5) is 0 Å². The van der Waals surface area contributed by atoms with E-state index in [1.807, 2.05) is 72.5 Å². The number of carbonyl (C=O) groups excluding carboxylic acids is 2. The van der Waals surface area contributed by atoms with Crippen LogP contribution < -0.4 is 10.6 Å². The average Bonchev–Trinajstić information content (AvgIpc) is 3.62. The van der Waals surface area contributed by atoms with E-state index in [2.05, 4.69) is 25.2 Å². The van der Waals surface area contributed by atoms with Gasteiger partial charge in [-0.3, -0.25) is 9.59 Å². The van der Waals surface area contributed by atoms with Crippen LogP contribution in [0.3, 0.4) is 0 Å². The van der Waals surface area contributed by atoms with E-state index in [0.717, 1.165) is 40.5 Å². The molecule has 3 N–H and O–H groups in total. The predicted molar refractivity (Wildman–Crippen MR) is 135 cm³/mol. The van der Waals surface area contributed by atoms with E-state index in [9.17, 15) is 9.59 Å². The van der Waals surface area contributed by atoms with Crippen molar-refractivity contribution in [1.29, 1.82) is 0 Å². The second-order valence-corrected chi connectivity index (χ2v) is 9.09. The van der Waals surface area contributed by atoms with Gasteiger partial charge in [-0.25, -0.2) is 4.98 Å². The lowest BCUT2D eigenvalue weighted by molar-refractivity contribution is -0.122. The van der Waals surface area contributed by atoms with Gasteiger partial charge in [-0.05, 0) is 41.6 Å². The minimum absolute atomic E-state index is 0.189. The maximum atomic E-state index is 13.1. The number of aromatic nitrogens is 3. The Morgan fingerprint density at radius 2 is 1.91 bits per heavy atom. The van der Waals surface area contributed by atoms with Crippen LogP contribution in [0, 0.1) is 0 Å². The first-order valence-electron chi connectivity index (χ1n) is 11.3. The fourth-order valence-electron chi connectivity index (χ4n) is 4.14. The summed E-state index contributed by atoms with van der Waals surface area (Å²) in [5, 5.41) is 8.85. The molecule has 0 spiro atoms. The van der Waals surface area contributed by atoms with E-state index in [0.29, 0.717) is 17.8 Å². The number of aryl methyl sites for hydroxylation is 1. The number of thiophene rings is 1. The third-order valence-corrected chi connectivity index (χ3v) is 6.74. The van der Waals surface area contributed by atoms with Crippen LogP contribution in [-0.2, 0) is 17.8 Å². The van der Waals surface area contributed by atoms with Crippen molar-refractivity contribution in [2.24, 2.45) is 0 Å². The van der Waals surface area contributed by atoms with E-state index in [4.69, 9.17) is 0 Å². The molecule has 0 saturated heterocycles. The number of carbonyl (C=O) groups is 2. The van der Waals surface area contributed by atoms with Gasteiger partial charge < -0.3 is 20.2 Å². The number of benzene rings is 2. The lowest BCUT2D eigenvalue weighted by Gasteiger charge is -2.18. The van der Waals surface area contributed by atoms with Crippen LogP contribution in [0.5, 0.6) is 0 Å². The number of nitrogens with one attached hydrogen (secondary N) is 3. The number of rotatable bonds is 9. The maximum absolute atomic E-state index is 13.1. The number of hydrogen-bond donors (Lipinski definition) is 3. The van der Waals surface area contributed by atoms with Crippen LogP contribution in [-0.4, -0.2) is 38.9 Å². The fourth-order valence-corrected chi connectivity index (χ4v) is 4.77. The summed E-state index contributed by atoms with van der Waals surface area (Å²) in [5.41, 5.74) is 4.04. The van der Waals surface area contributed by atoms with Crippen molar-refractivity contribution in [3.63, 3.8) is 0 Å². The Morgan fingerprint density at radius 1 is 1.06 bits per heavy atom. The molecule has 0 fully saturated rings. The molecular formula is C26H25N5O2S. The molecule has 0 saturated carbocycles. The maximum Gasteiger partial charge on any atom is 0.262 e. The molecule has 1 atom stereocenters. The minimum Gasteiger partial charge on any atom is -0.361 e. The van der Waals surface area contributed by atoms with Crippen LogP contribution in [0.1, 0.15) is 21.7 Å². The summed E-state index contributed by atoms with van der Waals surface area (Å²) in [5.74, 6) is -0.425. The minimum atomic E-state index is -0.678. The van der Waals surface area contributed by atoms with Crippen molar-refractivity contribution in [2.75, 3.05) is 6.54 Å². The van der Waals surface area contributed by atoms with Gasteiger partial charge in [0.05, 0.1) is 22.2 Å². The largest absolute Gasteiger partial charge is 0.361 e. The second-order valence-electron chi connectivity index (χ2n) is 8.14. The first-order chi connectivity index (χ1) is 16.7. The SMILES string of the molecule is O=C(N[C@@H](Cc1c[nH]c2ccccc12)C(=O)NCCCn1cnc2ccccc21)c1cccs1. The summed E-state index contributed by atoms with van der Waals surface area (Å²) in [6, 6.07) is 18.9. The fraction of sp³-hybridized carbons (Fsp3) is 0.192. The quantitative estimate of drug-likeness (QED) is 0.282. The van der Waals surface area contributed by atoms with Gasteiger partial charge >= 0.3 is 0 Å². The van der Waals surface area contributed by atoms with E-state index < -0.39 is 6.04 Å². The molecule has 172 valence electrons. The molecule has 0 aliphatic rings. The van der Waals surface area contributed by atoms with Crippen molar-refractivity contribution in [2.45, 2.75) is 25.4 Å². The number of amides is 2. The molecular weight excluding hydrogens is 446 g/mol. The highest BCUT2D eigenvalue weighted by molar-refractivity contribution is 7.12. The van der Waals surface area contributed by atoms with Crippen LogP contribution in [0.2, 0.25) is 0 Å². The zero-order valence-electron chi connectivity index (χ0n) is 18.5. The van der Waals surface area contributed by atoms with E-state index in [1.165, 1.54) is 11.3 Å². The molecule has 5 aromatic rings. The Kier molecular flexibility index (Phi) is 6.40. The molecule has 0 aliphatic carbocycles. The van der Waals surface area contributed by atoms with Crippen molar-refractivity contribution in [3.8, 4) is 0 Å². The van der Waals surface area contributed by atoms with E-state index >= 15 is 0 Å². The molecule has 5 rings (SSSR count). The standard InChI is InChI=1S/C26H25N5O2S/c32-25(27-12-6-13-31-17-29-21-9-3-4-10-23(21)31)22(30-26(33)24-11-5-14-34-24)15-18-16-28-20-8-2-1-7-19(18)20/h1-5,7-11,14,16-17,22,28H,6,12-13,15H2,(H,27,32)(H,30,33)/t22-/m0/s1. The molecule has 0 unspecified atom stereocenters. The summed E-state index contributed by atoms with van der Waals surface area (Å²) in [7, 11) is 0. The predicted octanol–water partition coefficient (Wildman–Crippen LogP) is 4.13. The number of para-hydroxylation sites is 3. The van der Waals surface area contributed by atoms with Gasteiger partial charge in [-0.15, -0.1) is 11.3 Å². The summed E-state index contributed by atoms with van der Waals surface area (Å²) in [4.78, 5) is 34.1. The summed E-state index contributed by atoms with van der Waals surface area (Å²) < 4.78 is 2.09. The van der Waals surface area contributed by atoms with Crippen molar-refractivity contribution in [1.82, 2.24) is 25.2 Å². The van der Waals surface area contributed by atoms with Gasteiger partial charge in [0.2, 0.25) is 5.91 Å². The Balaban J connectivity index is 1.25. The topological polar surface area (TPSA) is 91.8 Å². The first kappa shape index (κ1) is 21.9. The highest BCUT2D eigenvalue weighted by atomic mass is 32.1. The van der Waals surface area contributed by atoms with Gasteiger partial charge in [-0.2, -0.15) is 0 Å². The molecule has 7 nitrogen and oxygen atoms in total. The number of imidazole rings is 1. The summed E-state index contributed by atoms with van der Waals surface area (Å²) in [6.07, 6.45) is 4.89. The first-order valence-corrected chi connectivity index (χ1v) is 12.1. The van der Waals surface area contributed by atoms with Crippen molar-refractivity contribution >= 4 is 45.1 Å². The van der Waals surface area contributed by atoms with E-state index in [1.54, 1.807) is 6.07 Å². The Labute approximate surface area is 200 Å². The zero-order valence-corrected chi connectivity index (χ0v) is 19.3. The molecule has 0 radical (unpaired) electrons. The Bertz CT molecular complexity index is 1420. The van der Waals surface area contributed by atoms with E-state index in [-0.39, 0.29) is 11.8 Å². The highest BCUT2D eigenvalue weighted by Crippen LogP contribution is 2.20. The molecule has 3 heterocycles. The van der Waals surface area contributed by atoms with Gasteiger partial charge in [0.1, 0.15) is 6.04 Å². The highest BCUT2D eigenvalue weighted by Gasteiger charge is 2.23. The lowest BCUT2D eigenvalue weighted by Crippen LogP contribution is -2.48. The summed E-state index contributed by atoms with van der Waals surface area (Å²) >= 11 is 1.36. The monoisotopic (exact) mass is 471 g/mol. The average molecular weight is 472 g/mol. The third-order valence-electron chi connectivity index (χ3n) is 5.87. The van der Waals surface area contributed by atoms with Crippen LogP contribution in [0.15, 0.2) is 78.6 Å². The van der Waals surface area contributed by atoms with Crippen LogP contribution in [0.25, 0.3) is 21.9 Å².